The molecule has 9 nitrogen and oxygen atoms in total. The third-order valence-corrected chi connectivity index (χ3v) is 6.76. The maximum absolute atomic E-state index is 12.8. The molecule has 4 rings (SSSR count). The summed E-state index contributed by atoms with van der Waals surface area (Å²) in [5, 5.41) is 13.5. The van der Waals surface area contributed by atoms with Gasteiger partial charge in [-0.15, -0.1) is 0 Å². The number of hydrogen-bond donors (Lipinski definition) is 1. The number of nitro benzene ring substituents is 1. The molecule has 184 valence electrons. The summed E-state index contributed by atoms with van der Waals surface area (Å²) in [5.41, 5.74) is 4.38. The minimum atomic E-state index is -0.597. The number of benzene rings is 2. The van der Waals surface area contributed by atoms with E-state index in [1.807, 2.05) is 26.0 Å². The van der Waals surface area contributed by atoms with E-state index in [2.05, 4.69) is 5.32 Å². The van der Waals surface area contributed by atoms with Crippen LogP contribution in [-0.4, -0.2) is 33.4 Å². The first-order valence-corrected chi connectivity index (χ1v) is 11.8. The summed E-state index contributed by atoms with van der Waals surface area (Å²) < 4.78 is 5.79. The quantitative estimate of drug-likeness (QED) is 0.256. The van der Waals surface area contributed by atoms with Crippen LogP contribution in [0, 0.1) is 37.8 Å². The average Bonchev–Trinajstić information content (AvgIpc) is 3.37. The molecule has 0 aliphatic carbocycles. The molecule has 0 unspecified atom stereocenters. The van der Waals surface area contributed by atoms with E-state index in [-0.39, 0.29) is 10.6 Å². The van der Waals surface area contributed by atoms with Gasteiger partial charge in [0.15, 0.2) is 0 Å². The molecular formula is C26H23N3O6S. The summed E-state index contributed by atoms with van der Waals surface area (Å²) in [6.07, 6.45) is 1.42. The monoisotopic (exact) mass is 505 g/mol. The van der Waals surface area contributed by atoms with Gasteiger partial charge in [0, 0.05) is 29.0 Å². The van der Waals surface area contributed by atoms with Crippen molar-refractivity contribution in [2.45, 2.75) is 27.7 Å². The van der Waals surface area contributed by atoms with Gasteiger partial charge in [0.05, 0.1) is 9.83 Å². The molecule has 0 atom stereocenters. The summed E-state index contributed by atoms with van der Waals surface area (Å²) in [7, 11) is 0. The van der Waals surface area contributed by atoms with Crippen LogP contribution >= 0.6 is 11.8 Å². The molecular weight excluding hydrogens is 482 g/mol. The van der Waals surface area contributed by atoms with Gasteiger partial charge in [-0.1, -0.05) is 17.7 Å². The molecule has 2 aromatic carbocycles. The number of furan rings is 1. The molecule has 3 amide bonds. The standard InChI is InChI=1S/C26H23N3O6S/c1-14-5-7-20(16(3)9-14)27-24(30)13-28-25(31)23(36-26(28)32)12-19-6-8-22(35-19)18-10-15(2)17(4)21(11-18)29(33)34/h5-12H,13H2,1-4H3,(H,27,30)/b23-12+. The minimum absolute atomic E-state index is 0.0109. The van der Waals surface area contributed by atoms with Gasteiger partial charge in [0.2, 0.25) is 5.91 Å². The van der Waals surface area contributed by atoms with Crippen LogP contribution in [0.3, 0.4) is 0 Å². The zero-order valence-electron chi connectivity index (χ0n) is 20.1. The van der Waals surface area contributed by atoms with Crippen molar-refractivity contribution in [1.82, 2.24) is 4.90 Å². The van der Waals surface area contributed by atoms with Gasteiger partial charge < -0.3 is 9.73 Å². The van der Waals surface area contributed by atoms with Gasteiger partial charge >= 0.3 is 0 Å². The van der Waals surface area contributed by atoms with Crippen LogP contribution in [0.25, 0.3) is 17.4 Å². The molecule has 1 aromatic heterocycles. The predicted octanol–water partition coefficient (Wildman–Crippen LogP) is 5.76. The highest BCUT2D eigenvalue weighted by Crippen LogP contribution is 2.35. The number of aryl methyl sites for hydroxylation is 3. The molecule has 0 radical (unpaired) electrons. The largest absolute Gasteiger partial charge is 0.457 e. The molecule has 1 aliphatic heterocycles. The van der Waals surface area contributed by atoms with Crippen molar-refractivity contribution in [2.24, 2.45) is 0 Å². The van der Waals surface area contributed by atoms with Gasteiger partial charge in [-0.2, -0.15) is 0 Å². The molecule has 1 saturated heterocycles. The van der Waals surface area contributed by atoms with E-state index >= 15 is 0 Å². The molecule has 0 saturated carbocycles. The van der Waals surface area contributed by atoms with Crippen molar-refractivity contribution in [3.8, 4) is 11.3 Å². The lowest BCUT2D eigenvalue weighted by Gasteiger charge is -2.13. The van der Waals surface area contributed by atoms with E-state index in [9.17, 15) is 24.5 Å². The van der Waals surface area contributed by atoms with Crippen molar-refractivity contribution in [3.63, 3.8) is 0 Å². The SMILES string of the molecule is Cc1ccc(NC(=O)CN2C(=O)S/C(=C/c3ccc(-c4cc(C)c(C)c([N+](=O)[O-])c4)o3)C2=O)c(C)c1. The van der Waals surface area contributed by atoms with E-state index in [0.29, 0.717) is 40.1 Å². The van der Waals surface area contributed by atoms with Crippen molar-refractivity contribution >= 4 is 46.3 Å². The highest BCUT2D eigenvalue weighted by atomic mass is 32.2. The average molecular weight is 506 g/mol. The molecule has 2 heterocycles. The van der Waals surface area contributed by atoms with Crippen molar-refractivity contribution in [1.29, 1.82) is 0 Å². The Labute approximate surface area is 211 Å². The summed E-state index contributed by atoms with van der Waals surface area (Å²) in [6.45, 7) is 6.86. The fourth-order valence-corrected chi connectivity index (χ4v) is 4.63. The fourth-order valence-electron chi connectivity index (χ4n) is 3.81. The van der Waals surface area contributed by atoms with E-state index in [4.69, 9.17) is 4.42 Å². The van der Waals surface area contributed by atoms with Crippen LogP contribution in [0.5, 0.6) is 0 Å². The third-order valence-electron chi connectivity index (χ3n) is 5.85. The van der Waals surface area contributed by atoms with Crippen molar-refractivity contribution in [3.05, 3.63) is 85.5 Å². The number of carbonyl (C=O) groups is 3. The van der Waals surface area contributed by atoms with E-state index < -0.39 is 28.5 Å². The first-order chi connectivity index (χ1) is 17.0. The third kappa shape index (κ3) is 5.08. The number of nitrogens with one attached hydrogen (secondary N) is 1. The van der Waals surface area contributed by atoms with Gasteiger partial charge in [0.25, 0.3) is 16.8 Å². The Kier molecular flexibility index (Phi) is 6.80. The minimum Gasteiger partial charge on any atom is -0.457 e. The van der Waals surface area contributed by atoms with Crippen LogP contribution in [-0.2, 0) is 9.59 Å². The van der Waals surface area contributed by atoms with Crippen molar-refractivity contribution < 1.29 is 23.7 Å². The number of rotatable bonds is 6. The Morgan fingerprint density at radius 2 is 1.83 bits per heavy atom. The Morgan fingerprint density at radius 3 is 2.53 bits per heavy atom. The number of amides is 3. The molecule has 0 spiro atoms. The maximum Gasteiger partial charge on any atom is 0.294 e. The smallest absolute Gasteiger partial charge is 0.294 e. The Morgan fingerprint density at radius 1 is 1.08 bits per heavy atom. The number of thioether (sulfide) groups is 1. The molecule has 0 bridgehead atoms. The van der Waals surface area contributed by atoms with Gasteiger partial charge in [-0.05, 0) is 74.8 Å². The van der Waals surface area contributed by atoms with Crippen molar-refractivity contribution in [2.75, 3.05) is 11.9 Å². The fraction of sp³-hybridized carbons (Fsp3) is 0.192. The Bertz CT molecular complexity index is 1460. The second-order valence-corrected chi connectivity index (χ2v) is 9.52. The second-order valence-electron chi connectivity index (χ2n) is 8.53. The first kappa shape index (κ1) is 24.9. The zero-order valence-corrected chi connectivity index (χ0v) is 20.9. The van der Waals surface area contributed by atoms with E-state index in [0.717, 1.165) is 21.6 Å². The zero-order chi connectivity index (χ0) is 26.1. The van der Waals surface area contributed by atoms with Crippen LogP contribution in [0.15, 0.2) is 51.8 Å². The van der Waals surface area contributed by atoms with E-state index in [1.165, 1.54) is 12.1 Å². The van der Waals surface area contributed by atoms with Crippen LogP contribution in [0.1, 0.15) is 28.0 Å². The predicted molar refractivity (Wildman–Crippen MR) is 137 cm³/mol. The molecule has 36 heavy (non-hydrogen) atoms. The number of carbonyl (C=O) groups excluding carboxylic acids is 3. The van der Waals surface area contributed by atoms with Gasteiger partial charge in [0.1, 0.15) is 18.1 Å². The number of hydrogen-bond acceptors (Lipinski definition) is 7. The van der Waals surface area contributed by atoms with Crippen LogP contribution < -0.4 is 5.32 Å². The number of nitro groups is 1. The van der Waals surface area contributed by atoms with Crippen LogP contribution in [0.2, 0.25) is 0 Å². The van der Waals surface area contributed by atoms with Gasteiger partial charge in [-0.25, -0.2) is 0 Å². The highest BCUT2D eigenvalue weighted by molar-refractivity contribution is 8.18. The first-order valence-electron chi connectivity index (χ1n) is 11.0. The van der Waals surface area contributed by atoms with E-state index in [1.54, 1.807) is 38.1 Å². The summed E-state index contributed by atoms with van der Waals surface area (Å²) in [5.74, 6) is -0.390. The number of nitrogens with zero attached hydrogens (tertiary/aromatic N) is 2. The van der Waals surface area contributed by atoms with Crippen LogP contribution in [0.4, 0.5) is 16.2 Å². The Hall–Kier alpha value is -4.18. The molecule has 10 heteroatoms. The highest BCUT2D eigenvalue weighted by Gasteiger charge is 2.36. The summed E-state index contributed by atoms with van der Waals surface area (Å²) in [6, 6.07) is 12.0. The molecule has 1 N–H and O–H groups in total. The topological polar surface area (TPSA) is 123 Å². The summed E-state index contributed by atoms with van der Waals surface area (Å²) >= 11 is 0.715. The second kappa shape index (κ2) is 9.82. The lowest BCUT2D eigenvalue weighted by atomic mass is 10.0. The van der Waals surface area contributed by atoms with Gasteiger partial charge in [-0.3, -0.25) is 29.4 Å². The number of imide groups is 1. The normalized spacial score (nSPS) is 14.6. The molecule has 1 aliphatic rings. The number of anilines is 1. The lowest BCUT2D eigenvalue weighted by molar-refractivity contribution is -0.385. The molecule has 3 aromatic rings. The molecule has 1 fully saturated rings. The lowest BCUT2D eigenvalue weighted by Crippen LogP contribution is -2.36. The maximum atomic E-state index is 12.8. The summed E-state index contributed by atoms with van der Waals surface area (Å²) in [4.78, 5) is 49.7. The Balaban J connectivity index is 1.49.